The highest BCUT2D eigenvalue weighted by atomic mass is 35.5. The largest absolute Gasteiger partial charge is 0.496 e. The number of hydrogen-bond acceptors (Lipinski definition) is 7. The van der Waals surface area contributed by atoms with Gasteiger partial charge in [0.05, 0.1) is 30.1 Å². The number of ether oxygens (including phenoxy) is 2. The van der Waals surface area contributed by atoms with Crippen molar-refractivity contribution < 1.29 is 23.8 Å². The maximum Gasteiger partial charge on any atom is 0.291 e. The van der Waals surface area contributed by atoms with Gasteiger partial charge in [0.1, 0.15) is 22.6 Å². The first-order chi connectivity index (χ1) is 24.7. The molecule has 12 heteroatoms. The predicted molar refractivity (Wildman–Crippen MR) is 197 cm³/mol. The first-order valence-corrected chi connectivity index (χ1v) is 18.5. The summed E-state index contributed by atoms with van der Waals surface area (Å²) in [6, 6.07) is 13.7. The van der Waals surface area contributed by atoms with Gasteiger partial charge in [0.15, 0.2) is 11.6 Å². The van der Waals surface area contributed by atoms with Gasteiger partial charge in [-0.15, -0.1) is 0 Å². The minimum Gasteiger partial charge on any atom is -0.496 e. The Morgan fingerprint density at radius 1 is 1.08 bits per heavy atom. The van der Waals surface area contributed by atoms with Crippen molar-refractivity contribution in [3.8, 4) is 22.6 Å². The van der Waals surface area contributed by atoms with Crippen molar-refractivity contribution in [1.29, 1.82) is 0 Å². The number of nitrogens with zero attached hydrogens (tertiary/aromatic N) is 3. The lowest BCUT2D eigenvalue weighted by Crippen LogP contribution is -2.39. The number of halogens is 3. The van der Waals surface area contributed by atoms with Crippen molar-refractivity contribution in [2.75, 3.05) is 25.6 Å². The topological polar surface area (TPSA) is 101 Å². The summed E-state index contributed by atoms with van der Waals surface area (Å²) in [4.78, 5) is 20.4. The van der Waals surface area contributed by atoms with Gasteiger partial charge in [-0.05, 0) is 55.4 Å². The molecule has 1 aromatic heterocycles. The zero-order valence-corrected chi connectivity index (χ0v) is 30.7. The van der Waals surface area contributed by atoms with Crippen LogP contribution in [-0.2, 0) is 33.0 Å². The molecule has 1 saturated carbocycles. The molecule has 270 valence electrons. The average molecular weight is 737 g/mol. The quantitative estimate of drug-likeness (QED) is 0.146. The van der Waals surface area contributed by atoms with E-state index >= 15 is 4.39 Å². The van der Waals surface area contributed by atoms with E-state index in [1.165, 1.54) is 20.0 Å². The van der Waals surface area contributed by atoms with Crippen molar-refractivity contribution in [2.45, 2.75) is 83.1 Å². The molecule has 0 spiro atoms. The molecule has 0 radical (unpaired) electrons. The smallest absolute Gasteiger partial charge is 0.291 e. The van der Waals surface area contributed by atoms with Crippen LogP contribution in [-0.4, -0.2) is 57.8 Å². The number of fused-ring (bicyclic) bond motifs is 2. The van der Waals surface area contributed by atoms with E-state index in [4.69, 9.17) is 37.7 Å². The van der Waals surface area contributed by atoms with Crippen molar-refractivity contribution in [1.82, 2.24) is 19.8 Å². The molecule has 4 aromatic rings. The van der Waals surface area contributed by atoms with Gasteiger partial charge in [-0.2, -0.15) is 0 Å². The van der Waals surface area contributed by atoms with E-state index in [1.807, 2.05) is 48.9 Å². The van der Waals surface area contributed by atoms with Gasteiger partial charge in [-0.1, -0.05) is 66.4 Å². The highest BCUT2D eigenvalue weighted by Gasteiger charge is 2.31. The molecule has 51 heavy (non-hydrogen) atoms. The number of amides is 1. The fourth-order valence-electron chi connectivity index (χ4n) is 7.83. The number of nitrogens with one attached hydrogen (secondary N) is 2. The number of aliphatic hydroxyl groups is 1. The molecule has 0 bridgehead atoms. The number of imidazole rings is 1. The summed E-state index contributed by atoms with van der Waals surface area (Å²) < 4.78 is 29.5. The second kappa shape index (κ2) is 15.1. The minimum atomic E-state index is -0.530. The summed E-state index contributed by atoms with van der Waals surface area (Å²) in [6.07, 6.45) is 6.32. The van der Waals surface area contributed by atoms with Crippen LogP contribution in [0.1, 0.15) is 83.8 Å². The zero-order chi connectivity index (χ0) is 35.8. The molecule has 7 rings (SSSR count). The predicted octanol–water partition coefficient (Wildman–Crippen LogP) is 7.63. The summed E-state index contributed by atoms with van der Waals surface area (Å²) in [5.41, 5.74) is 6.53. The molecule has 3 N–H and O–H groups in total. The van der Waals surface area contributed by atoms with E-state index in [0.29, 0.717) is 59.8 Å². The van der Waals surface area contributed by atoms with Crippen LogP contribution in [0.2, 0.25) is 10.0 Å². The van der Waals surface area contributed by atoms with E-state index in [9.17, 15) is 9.90 Å². The highest BCUT2D eigenvalue weighted by molar-refractivity contribution is 6.36. The molecule has 2 atom stereocenters. The van der Waals surface area contributed by atoms with Crippen molar-refractivity contribution in [2.24, 2.45) is 7.05 Å². The molecule has 1 aliphatic heterocycles. The van der Waals surface area contributed by atoms with Crippen LogP contribution in [0.3, 0.4) is 0 Å². The lowest BCUT2D eigenvalue weighted by molar-refractivity contribution is 0.101. The third-order valence-electron chi connectivity index (χ3n) is 10.8. The number of anilines is 1. The highest BCUT2D eigenvalue weighted by Crippen LogP contribution is 2.45. The molecule has 0 saturated heterocycles. The van der Waals surface area contributed by atoms with Crippen LogP contribution in [0.25, 0.3) is 11.1 Å². The molecule has 1 amide bonds. The van der Waals surface area contributed by atoms with Crippen LogP contribution in [0, 0.1) is 5.82 Å². The van der Waals surface area contributed by atoms with Gasteiger partial charge in [0.25, 0.3) is 5.91 Å². The summed E-state index contributed by atoms with van der Waals surface area (Å²) in [6.45, 7) is 3.75. The fourth-order valence-corrected chi connectivity index (χ4v) is 8.32. The number of methoxy groups -OCH3 is 1. The van der Waals surface area contributed by atoms with E-state index in [0.717, 1.165) is 59.4 Å². The number of aliphatic hydroxyl groups excluding tert-OH is 1. The Kier molecular flexibility index (Phi) is 10.6. The molecule has 3 aliphatic rings. The van der Waals surface area contributed by atoms with Crippen LogP contribution in [0.15, 0.2) is 42.5 Å². The third kappa shape index (κ3) is 6.97. The standard InChI is InChI=1S/C39H44Cl2FN5O4/c1-22(21-48)47-17-16-31-30(20-47)44-38(46(31)2)39(49)45-29-13-7-12-27(35(29)40)24-10-6-11-26-25(24)14-15-32(26)51-34-18-33(50-3)28(37(42)36(34)41)19-43-23-8-4-5-9-23/h6-7,10-13,18,22-23,32,43,48H,4-5,8-9,14-17,19-21H2,1-3H3,(H,45,49). The fraction of sp³-hybridized carbons (Fsp3) is 0.436. The SMILES string of the molecule is COc1cc(OC2CCc3c(-c4cccc(NC(=O)c5nc6c(n5C)CCN(C(C)CO)C6)c4Cl)cccc32)c(Cl)c(F)c1CNC1CCCC1. The van der Waals surface area contributed by atoms with Crippen molar-refractivity contribution in [3.63, 3.8) is 0 Å². The first kappa shape index (κ1) is 35.7. The Hall–Kier alpha value is -3.67. The number of aromatic nitrogens is 2. The van der Waals surface area contributed by atoms with Crippen molar-refractivity contribution in [3.05, 3.63) is 92.2 Å². The number of hydrogen-bond donors (Lipinski definition) is 3. The molecule has 3 aromatic carbocycles. The Morgan fingerprint density at radius 3 is 2.61 bits per heavy atom. The van der Waals surface area contributed by atoms with Gasteiger partial charge in [0.2, 0.25) is 0 Å². The number of carbonyl (C=O) groups excluding carboxylic acids is 1. The van der Waals surface area contributed by atoms with Gasteiger partial charge in [-0.3, -0.25) is 9.69 Å². The summed E-state index contributed by atoms with van der Waals surface area (Å²) in [5, 5.41) is 16.4. The Morgan fingerprint density at radius 2 is 1.84 bits per heavy atom. The van der Waals surface area contributed by atoms with Gasteiger partial charge >= 0.3 is 0 Å². The van der Waals surface area contributed by atoms with Crippen LogP contribution >= 0.6 is 23.2 Å². The van der Waals surface area contributed by atoms with Gasteiger partial charge in [-0.25, -0.2) is 9.37 Å². The average Bonchev–Trinajstić information content (AvgIpc) is 3.89. The Labute approximate surface area is 308 Å². The molecular formula is C39H44Cl2FN5O4. The Balaban J connectivity index is 1.10. The number of benzene rings is 3. The second-order valence-corrected chi connectivity index (χ2v) is 14.6. The monoisotopic (exact) mass is 735 g/mol. The normalized spacial score (nSPS) is 18.1. The summed E-state index contributed by atoms with van der Waals surface area (Å²) in [5.74, 6) is 0.0787. The van der Waals surface area contributed by atoms with Crippen LogP contribution in [0.4, 0.5) is 10.1 Å². The minimum absolute atomic E-state index is 0.0181. The molecular weight excluding hydrogens is 692 g/mol. The third-order valence-corrected chi connectivity index (χ3v) is 11.5. The zero-order valence-electron chi connectivity index (χ0n) is 29.2. The number of rotatable bonds is 11. The van der Waals surface area contributed by atoms with E-state index in [1.54, 1.807) is 12.1 Å². The summed E-state index contributed by atoms with van der Waals surface area (Å²) >= 11 is 13.6. The van der Waals surface area contributed by atoms with E-state index in [2.05, 4.69) is 15.5 Å². The lowest BCUT2D eigenvalue weighted by atomic mass is 9.96. The van der Waals surface area contributed by atoms with Crippen molar-refractivity contribution >= 4 is 34.8 Å². The van der Waals surface area contributed by atoms with Gasteiger partial charge in [0, 0.05) is 68.1 Å². The van der Waals surface area contributed by atoms with E-state index < -0.39 is 5.82 Å². The second-order valence-electron chi connectivity index (χ2n) is 13.8. The summed E-state index contributed by atoms with van der Waals surface area (Å²) in [7, 11) is 3.39. The van der Waals surface area contributed by atoms with E-state index in [-0.39, 0.29) is 35.4 Å². The lowest BCUT2D eigenvalue weighted by Gasteiger charge is -2.30. The molecule has 2 heterocycles. The molecule has 9 nitrogen and oxygen atoms in total. The van der Waals surface area contributed by atoms with Crippen LogP contribution < -0.4 is 20.1 Å². The number of carbonyl (C=O) groups is 1. The first-order valence-electron chi connectivity index (χ1n) is 17.7. The maximum absolute atomic E-state index is 15.7. The molecule has 1 fully saturated rings. The molecule has 2 unspecified atom stereocenters. The molecule has 2 aliphatic carbocycles. The maximum atomic E-state index is 15.7. The van der Waals surface area contributed by atoms with Crippen LogP contribution in [0.5, 0.6) is 11.5 Å². The van der Waals surface area contributed by atoms with Gasteiger partial charge < -0.3 is 29.8 Å². The Bertz CT molecular complexity index is 1950.